The number of nitrogens with two attached hydrogens (primary N) is 1. The van der Waals surface area contributed by atoms with Crippen LogP contribution in [0, 0.1) is 5.92 Å². The van der Waals surface area contributed by atoms with Gasteiger partial charge in [-0.2, -0.15) is 0 Å². The molecule has 0 radical (unpaired) electrons. The van der Waals surface area contributed by atoms with Gasteiger partial charge in [0.15, 0.2) is 0 Å². The lowest BCUT2D eigenvalue weighted by Gasteiger charge is -2.15. The van der Waals surface area contributed by atoms with Crippen LogP contribution < -0.4 is 11.1 Å². The molecule has 2 rings (SSSR count). The van der Waals surface area contributed by atoms with E-state index in [1.165, 1.54) is 0 Å². The topological polar surface area (TPSA) is 81.4 Å². The van der Waals surface area contributed by atoms with Crippen molar-refractivity contribution in [1.29, 1.82) is 0 Å². The van der Waals surface area contributed by atoms with E-state index in [9.17, 15) is 9.59 Å². The number of carbonyl (C=O) groups is 2. The molecule has 2 unspecified atom stereocenters. The summed E-state index contributed by atoms with van der Waals surface area (Å²) in [7, 11) is 0. The lowest BCUT2D eigenvalue weighted by molar-refractivity contribution is -0.120. The van der Waals surface area contributed by atoms with Crippen molar-refractivity contribution in [2.45, 2.75) is 32.2 Å². The Hall–Kier alpha value is -1.59. The van der Waals surface area contributed by atoms with Crippen LogP contribution in [0.4, 0.5) is 5.69 Å². The molecule has 0 aromatic heterocycles. The van der Waals surface area contributed by atoms with Gasteiger partial charge in [-0.05, 0) is 44.0 Å². The van der Waals surface area contributed by atoms with E-state index >= 15 is 0 Å². The first-order valence-corrected chi connectivity index (χ1v) is 6.95. The average molecular weight is 313 g/mol. The Bertz CT molecular complexity index is 490. The highest BCUT2D eigenvalue weighted by molar-refractivity contribution is 5.94. The Morgan fingerprint density at radius 2 is 1.95 bits per heavy atom. The van der Waals surface area contributed by atoms with E-state index in [1.807, 2.05) is 0 Å². The number of anilines is 1. The summed E-state index contributed by atoms with van der Waals surface area (Å²) in [5.74, 6) is -0.512. The molecule has 1 saturated carbocycles. The Labute approximate surface area is 130 Å². The number of nitrogens with one attached hydrogen (secondary N) is 1. The molecule has 0 saturated heterocycles. The van der Waals surface area contributed by atoms with Crippen LogP contribution in [0.25, 0.3) is 0 Å². The predicted octanol–water partition coefficient (Wildman–Crippen LogP) is 2.35. The molecule has 116 valence electrons. The van der Waals surface area contributed by atoms with Crippen molar-refractivity contribution in [3.05, 3.63) is 29.8 Å². The molecule has 1 fully saturated rings. The van der Waals surface area contributed by atoms with Crippen LogP contribution in [0.5, 0.6) is 0 Å². The molecule has 1 aromatic carbocycles. The molecular formula is C15H21ClN2O3. The van der Waals surface area contributed by atoms with Crippen LogP contribution in [0.15, 0.2) is 24.3 Å². The van der Waals surface area contributed by atoms with Gasteiger partial charge in [-0.25, -0.2) is 4.79 Å². The van der Waals surface area contributed by atoms with Crippen LogP contribution in [-0.2, 0) is 9.53 Å². The van der Waals surface area contributed by atoms with Crippen LogP contribution in [0.3, 0.4) is 0 Å². The Kier molecular flexibility index (Phi) is 6.65. The van der Waals surface area contributed by atoms with Gasteiger partial charge in [0.1, 0.15) is 0 Å². The van der Waals surface area contributed by atoms with E-state index in [1.54, 1.807) is 31.2 Å². The van der Waals surface area contributed by atoms with Gasteiger partial charge in [0.25, 0.3) is 0 Å². The maximum absolute atomic E-state index is 12.1. The van der Waals surface area contributed by atoms with Gasteiger partial charge in [0.05, 0.1) is 18.1 Å². The summed E-state index contributed by atoms with van der Waals surface area (Å²) in [6, 6.07) is 6.63. The van der Waals surface area contributed by atoms with Crippen LogP contribution >= 0.6 is 12.4 Å². The number of benzene rings is 1. The van der Waals surface area contributed by atoms with E-state index in [4.69, 9.17) is 10.5 Å². The van der Waals surface area contributed by atoms with E-state index < -0.39 is 0 Å². The van der Waals surface area contributed by atoms with Crippen molar-refractivity contribution in [3.8, 4) is 0 Å². The zero-order valence-electron chi connectivity index (χ0n) is 12.0. The van der Waals surface area contributed by atoms with E-state index in [0.29, 0.717) is 17.9 Å². The summed E-state index contributed by atoms with van der Waals surface area (Å²) in [4.78, 5) is 23.6. The van der Waals surface area contributed by atoms with E-state index in [0.717, 1.165) is 19.3 Å². The number of rotatable bonds is 4. The first kappa shape index (κ1) is 17.5. The summed E-state index contributed by atoms with van der Waals surface area (Å²) in [6.07, 6.45) is 2.74. The summed E-state index contributed by atoms with van der Waals surface area (Å²) in [5, 5.41) is 2.84. The van der Waals surface area contributed by atoms with Gasteiger partial charge in [-0.1, -0.05) is 6.42 Å². The third-order valence-corrected chi connectivity index (χ3v) is 3.57. The lowest BCUT2D eigenvalue weighted by Crippen LogP contribution is -2.34. The molecule has 6 heteroatoms. The Balaban J connectivity index is 0.00000220. The van der Waals surface area contributed by atoms with Gasteiger partial charge in [-0.3, -0.25) is 4.79 Å². The van der Waals surface area contributed by atoms with Crippen molar-refractivity contribution >= 4 is 30.0 Å². The highest BCUT2D eigenvalue weighted by Crippen LogP contribution is 2.25. The number of hydrogen-bond acceptors (Lipinski definition) is 4. The molecule has 0 spiro atoms. The van der Waals surface area contributed by atoms with Gasteiger partial charge in [0.2, 0.25) is 5.91 Å². The molecule has 1 amide bonds. The highest BCUT2D eigenvalue weighted by Gasteiger charge is 2.30. The first-order valence-electron chi connectivity index (χ1n) is 6.95. The fourth-order valence-corrected chi connectivity index (χ4v) is 2.45. The molecule has 3 N–H and O–H groups in total. The van der Waals surface area contributed by atoms with Gasteiger partial charge in [-0.15, -0.1) is 12.4 Å². The smallest absolute Gasteiger partial charge is 0.338 e. The molecule has 0 bridgehead atoms. The summed E-state index contributed by atoms with van der Waals surface area (Å²) in [5.41, 5.74) is 7.05. The normalized spacial score (nSPS) is 20.5. The monoisotopic (exact) mass is 312 g/mol. The van der Waals surface area contributed by atoms with Crippen molar-refractivity contribution in [2.24, 2.45) is 11.7 Å². The maximum atomic E-state index is 12.1. The van der Waals surface area contributed by atoms with Gasteiger partial charge < -0.3 is 15.8 Å². The number of esters is 1. The predicted molar refractivity (Wildman–Crippen MR) is 83.6 cm³/mol. The van der Waals surface area contributed by atoms with Crippen LogP contribution in [0.1, 0.15) is 36.5 Å². The second-order valence-corrected chi connectivity index (χ2v) is 4.99. The van der Waals surface area contributed by atoms with Crippen molar-refractivity contribution in [3.63, 3.8) is 0 Å². The van der Waals surface area contributed by atoms with Crippen LogP contribution in [-0.4, -0.2) is 24.5 Å². The minimum absolute atomic E-state index is 0. The quantitative estimate of drug-likeness (QED) is 0.836. The van der Waals surface area contributed by atoms with Crippen molar-refractivity contribution < 1.29 is 14.3 Å². The molecule has 1 aliphatic carbocycles. The standard InChI is InChI=1S/C15H20N2O3.ClH/c1-2-20-15(19)10-6-8-11(9-7-10)17-14(18)12-4-3-5-13(12)16;/h6-9,12-13H,2-5,16H2,1H3,(H,17,18);1H. The minimum Gasteiger partial charge on any atom is -0.462 e. The van der Waals surface area contributed by atoms with Gasteiger partial charge in [0, 0.05) is 11.7 Å². The number of hydrogen-bond donors (Lipinski definition) is 2. The second kappa shape index (κ2) is 8.00. The Morgan fingerprint density at radius 3 is 2.48 bits per heavy atom. The summed E-state index contributed by atoms with van der Waals surface area (Å²) < 4.78 is 4.90. The molecular weight excluding hydrogens is 292 g/mol. The fraction of sp³-hybridized carbons (Fsp3) is 0.467. The van der Waals surface area contributed by atoms with Crippen LogP contribution in [0.2, 0.25) is 0 Å². The molecule has 0 heterocycles. The second-order valence-electron chi connectivity index (χ2n) is 4.99. The molecule has 5 nitrogen and oxygen atoms in total. The third kappa shape index (κ3) is 4.44. The minimum atomic E-state index is -0.358. The summed E-state index contributed by atoms with van der Waals surface area (Å²) >= 11 is 0. The fourth-order valence-electron chi connectivity index (χ4n) is 2.45. The zero-order valence-corrected chi connectivity index (χ0v) is 12.8. The third-order valence-electron chi connectivity index (χ3n) is 3.57. The molecule has 1 aromatic rings. The van der Waals surface area contributed by atoms with Crippen molar-refractivity contribution in [2.75, 3.05) is 11.9 Å². The summed E-state index contributed by atoms with van der Waals surface area (Å²) in [6.45, 7) is 2.11. The van der Waals surface area contributed by atoms with Crippen molar-refractivity contribution in [1.82, 2.24) is 0 Å². The zero-order chi connectivity index (χ0) is 14.5. The molecule has 2 atom stereocenters. The molecule has 21 heavy (non-hydrogen) atoms. The van der Waals surface area contributed by atoms with E-state index in [-0.39, 0.29) is 36.2 Å². The Morgan fingerprint density at radius 1 is 1.29 bits per heavy atom. The number of carbonyl (C=O) groups excluding carboxylic acids is 2. The largest absolute Gasteiger partial charge is 0.462 e. The number of halogens is 1. The number of amides is 1. The molecule has 1 aliphatic rings. The average Bonchev–Trinajstić information content (AvgIpc) is 2.86. The highest BCUT2D eigenvalue weighted by atomic mass is 35.5. The lowest BCUT2D eigenvalue weighted by atomic mass is 10.0. The SMILES string of the molecule is CCOC(=O)c1ccc(NC(=O)C2CCCC2N)cc1.Cl. The number of ether oxygens (including phenoxy) is 1. The first-order chi connectivity index (χ1) is 9.61. The van der Waals surface area contributed by atoms with Gasteiger partial charge >= 0.3 is 5.97 Å². The molecule has 0 aliphatic heterocycles. The maximum Gasteiger partial charge on any atom is 0.338 e. The van der Waals surface area contributed by atoms with E-state index in [2.05, 4.69) is 5.32 Å².